The Morgan fingerprint density at radius 3 is 2.69 bits per heavy atom. The number of hydrogen-bond donors (Lipinski definition) is 3. The van der Waals surface area contributed by atoms with Gasteiger partial charge in [-0.1, -0.05) is 25.1 Å². The Balaban J connectivity index is 1.32. The average Bonchev–Trinajstić information content (AvgIpc) is 3.48. The molecule has 0 radical (unpaired) electrons. The van der Waals surface area contributed by atoms with Crippen molar-refractivity contribution in [2.45, 2.75) is 31.7 Å². The predicted octanol–water partition coefficient (Wildman–Crippen LogP) is 4.72. The van der Waals surface area contributed by atoms with Crippen LogP contribution in [0.25, 0.3) is 22.4 Å². The number of furan rings is 1. The number of aromatic nitrogens is 1. The number of amides is 3. The molecule has 1 aliphatic heterocycles. The summed E-state index contributed by atoms with van der Waals surface area (Å²) in [7, 11) is 1.57. The minimum Gasteiger partial charge on any atom is -0.508 e. The molecule has 9 heteroatoms. The van der Waals surface area contributed by atoms with Crippen LogP contribution in [-0.2, 0) is 16.8 Å². The van der Waals surface area contributed by atoms with Gasteiger partial charge in [-0.2, -0.15) is 0 Å². The van der Waals surface area contributed by atoms with Crippen LogP contribution in [0.3, 0.4) is 0 Å². The van der Waals surface area contributed by atoms with Crippen molar-refractivity contribution in [2.75, 3.05) is 7.11 Å². The van der Waals surface area contributed by atoms with E-state index < -0.39 is 17.5 Å². The Morgan fingerprint density at radius 1 is 1.10 bits per heavy atom. The lowest BCUT2D eigenvalue weighted by molar-refractivity contribution is -0.125. The number of pyridine rings is 1. The van der Waals surface area contributed by atoms with Crippen LogP contribution in [0.5, 0.6) is 11.5 Å². The Bertz CT molecular complexity index is 1640. The van der Waals surface area contributed by atoms with Crippen molar-refractivity contribution in [1.29, 1.82) is 0 Å². The molecular weight excluding hydrogens is 498 g/mol. The van der Waals surface area contributed by atoms with Gasteiger partial charge in [-0.3, -0.25) is 14.9 Å². The molecule has 3 unspecified atom stereocenters. The van der Waals surface area contributed by atoms with Crippen molar-refractivity contribution >= 4 is 28.8 Å². The molecule has 0 spiro atoms. The number of hydrogen-bond acceptors (Lipinski definition) is 7. The first-order valence-corrected chi connectivity index (χ1v) is 12.8. The molecule has 1 aliphatic carbocycles. The fourth-order valence-electron chi connectivity index (χ4n) is 5.74. The number of aromatic hydroxyl groups is 1. The van der Waals surface area contributed by atoms with E-state index in [1.807, 2.05) is 25.1 Å². The molecule has 1 saturated heterocycles. The average molecular weight is 526 g/mol. The van der Waals surface area contributed by atoms with Gasteiger partial charge in [0.05, 0.1) is 12.8 Å². The molecule has 1 fully saturated rings. The van der Waals surface area contributed by atoms with Gasteiger partial charge in [0, 0.05) is 23.6 Å². The molecule has 3 atom stereocenters. The molecule has 0 bridgehead atoms. The van der Waals surface area contributed by atoms with Crippen LogP contribution in [0.4, 0.5) is 4.79 Å². The smallest absolute Gasteiger partial charge is 0.322 e. The van der Waals surface area contributed by atoms with Gasteiger partial charge < -0.3 is 19.6 Å². The summed E-state index contributed by atoms with van der Waals surface area (Å²) in [5, 5.41) is 15.0. The second kappa shape index (κ2) is 9.27. The highest BCUT2D eigenvalue weighted by atomic mass is 16.5. The van der Waals surface area contributed by atoms with Crippen molar-refractivity contribution in [3.05, 3.63) is 77.6 Å². The van der Waals surface area contributed by atoms with Gasteiger partial charge in [0.1, 0.15) is 22.8 Å². The normalized spacial score (nSPS) is 21.4. The number of ether oxygens (including phenoxy) is 1. The lowest BCUT2D eigenvalue weighted by atomic mass is 9.72. The van der Waals surface area contributed by atoms with Gasteiger partial charge in [0.2, 0.25) is 0 Å². The Morgan fingerprint density at radius 2 is 1.95 bits per heavy atom. The molecule has 9 nitrogen and oxygen atoms in total. The number of carbonyl (C=O) groups is 3. The number of benzene rings is 2. The number of phenols is 1. The minimum atomic E-state index is -1.44. The number of imide groups is 1. The third-order valence-corrected chi connectivity index (χ3v) is 7.86. The van der Waals surface area contributed by atoms with Crippen LogP contribution in [-0.4, -0.2) is 34.9 Å². The number of rotatable bonds is 6. The fraction of sp³-hybridized carbons (Fsp3) is 0.267. The molecular formula is C30H27N3O6. The number of ketones is 1. The first kappa shape index (κ1) is 24.7. The summed E-state index contributed by atoms with van der Waals surface area (Å²) in [5.41, 5.74) is 2.52. The number of carbonyl (C=O) groups excluding carboxylic acids is 3. The standard InChI is InChI=1S/C30H27N3O6/c1-16(19-10-17-6-7-21(38-2)13-22(17)25(35)12-19)15-30(28(36)32-29(37)33-30)27-14-24-26(39-27)9-8-23(31-24)18-4-3-5-20(34)11-18/h3-9,11,13-14,16,19,34H,10,12,15H2,1-2H3,(H2,32,33,36,37). The molecule has 2 aromatic carbocycles. The maximum atomic E-state index is 13.3. The third-order valence-electron chi connectivity index (χ3n) is 7.86. The zero-order valence-corrected chi connectivity index (χ0v) is 21.5. The van der Waals surface area contributed by atoms with Crippen molar-refractivity contribution in [2.24, 2.45) is 11.8 Å². The largest absolute Gasteiger partial charge is 0.508 e. The third kappa shape index (κ3) is 4.29. The van der Waals surface area contributed by atoms with E-state index >= 15 is 0 Å². The molecule has 4 aromatic rings. The Labute approximate surface area is 224 Å². The first-order valence-electron chi connectivity index (χ1n) is 12.8. The summed E-state index contributed by atoms with van der Waals surface area (Å²) in [6, 6.07) is 16.9. The second-order valence-electron chi connectivity index (χ2n) is 10.4. The molecule has 3 N–H and O–H groups in total. The number of nitrogens with one attached hydrogen (secondary N) is 2. The van der Waals surface area contributed by atoms with E-state index in [9.17, 15) is 19.5 Å². The van der Waals surface area contributed by atoms with Crippen LogP contribution in [0, 0.1) is 11.8 Å². The zero-order valence-electron chi connectivity index (χ0n) is 21.5. The lowest BCUT2D eigenvalue weighted by Gasteiger charge is -2.33. The van der Waals surface area contributed by atoms with Gasteiger partial charge in [-0.15, -0.1) is 0 Å². The molecule has 2 aromatic heterocycles. The Hall–Kier alpha value is -4.66. The molecule has 2 aliphatic rings. The van der Waals surface area contributed by atoms with Gasteiger partial charge in [-0.25, -0.2) is 9.78 Å². The molecule has 3 amide bonds. The van der Waals surface area contributed by atoms with Crippen molar-refractivity contribution in [3.8, 4) is 22.8 Å². The molecule has 6 rings (SSSR count). The highest BCUT2D eigenvalue weighted by Gasteiger charge is 2.52. The number of nitrogens with zero attached hydrogens (tertiary/aromatic N) is 1. The minimum absolute atomic E-state index is 0.0274. The van der Waals surface area contributed by atoms with Crippen LogP contribution >= 0.6 is 0 Å². The van der Waals surface area contributed by atoms with Gasteiger partial charge >= 0.3 is 6.03 Å². The number of urea groups is 1. The molecule has 39 heavy (non-hydrogen) atoms. The number of Topliss-reactive ketones (excluding diaryl/α,β-unsaturated/α-hetero) is 1. The van der Waals surface area contributed by atoms with E-state index in [-0.39, 0.29) is 35.5 Å². The predicted molar refractivity (Wildman–Crippen MR) is 142 cm³/mol. The summed E-state index contributed by atoms with van der Waals surface area (Å²) in [5.74, 6) is 0.442. The van der Waals surface area contributed by atoms with Gasteiger partial charge in [0.25, 0.3) is 5.91 Å². The molecule has 198 valence electrons. The maximum Gasteiger partial charge on any atom is 0.322 e. The van der Waals surface area contributed by atoms with Crippen LogP contribution in [0.2, 0.25) is 0 Å². The summed E-state index contributed by atoms with van der Waals surface area (Å²) in [6.07, 6.45) is 1.25. The summed E-state index contributed by atoms with van der Waals surface area (Å²) < 4.78 is 11.4. The summed E-state index contributed by atoms with van der Waals surface area (Å²) >= 11 is 0. The number of phenolic OH excluding ortho intramolecular Hbond substituents is 1. The van der Waals surface area contributed by atoms with Crippen LogP contribution in [0.1, 0.15) is 41.4 Å². The number of methoxy groups -OCH3 is 1. The lowest BCUT2D eigenvalue weighted by Crippen LogP contribution is -2.46. The fourth-order valence-corrected chi connectivity index (χ4v) is 5.74. The molecule has 3 heterocycles. The van der Waals surface area contributed by atoms with Crippen LogP contribution < -0.4 is 15.4 Å². The van der Waals surface area contributed by atoms with Crippen LogP contribution in [0.15, 0.2) is 65.1 Å². The van der Waals surface area contributed by atoms with E-state index in [1.165, 1.54) is 0 Å². The second-order valence-corrected chi connectivity index (χ2v) is 10.4. The van der Waals surface area contributed by atoms with E-state index in [0.717, 1.165) is 11.1 Å². The first-order chi connectivity index (χ1) is 18.8. The van der Waals surface area contributed by atoms with Crippen molar-refractivity contribution in [1.82, 2.24) is 15.6 Å². The van der Waals surface area contributed by atoms with Gasteiger partial charge in [-0.05, 0) is 66.6 Å². The Kier molecular flexibility index (Phi) is 5.86. The monoisotopic (exact) mass is 525 g/mol. The van der Waals surface area contributed by atoms with E-state index in [0.29, 0.717) is 40.9 Å². The van der Waals surface area contributed by atoms with Gasteiger partial charge in [0.15, 0.2) is 16.9 Å². The summed E-state index contributed by atoms with van der Waals surface area (Å²) in [6.45, 7) is 1.99. The maximum absolute atomic E-state index is 13.3. The zero-order chi connectivity index (χ0) is 27.3. The SMILES string of the molecule is COc1ccc2c(c1)C(=O)CC(C(C)CC1(c3cc4nc(-c5cccc(O)c5)ccc4o3)NC(=O)NC1=O)C2. The quantitative estimate of drug-likeness (QED) is 0.311. The van der Waals surface area contributed by atoms with Crippen molar-refractivity contribution in [3.63, 3.8) is 0 Å². The van der Waals surface area contributed by atoms with Crippen molar-refractivity contribution < 1.29 is 28.6 Å². The highest BCUT2D eigenvalue weighted by Crippen LogP contribution is 2.41. The number of fused-ring (bicyclic) bond motifs is 2. The van der Waals surface area contributed by atoms with E-state index in [4.69, 9.17) is 9.15 Å². The van der Waals surface area contributed by atoms with E-state index in [2.05, 4.69) is 15.6 Å². The highest BCUT2D eigenvalue weighted by molar-refractivity contribution is 6.07. The topological polar surface area (TPSA) is 131 Å². The summed E-state index contributed by atoms with van der Waals surface area (Å²) in [4.78, 5) is 43.3. The van der Waals surface area contributed by atoms with E-state index in [1.54, 1.807) is 49.6 Å². The molecule has 0 saturated carbocycles.